The molecule has 0 spiro atoms. The Balaban J connectivity index is 1.34. The van der Waals surface area contributed by atoms with Crippen molar-refractivity contribution in [3.63, 3.8) is 0 Å². The van der Waals surface area contributed by atoms with E-state index in [1.165, 1.54) is 12.4 Å². The Kier molecular flexibility index (Phi) is 5.84. The minimum atomic E-state index is -0.704. The van der Waals surface area contributed by atoms with Gasteiger partial charge in [-0.3, -0.25) is 14.8 Å². The summed E-state index contributed by atoms with van der Waals surface area (Å²) in [4.78, 5) is 21.9. The van der Waals surface area contributed by atoms with E-state index in [1.54, 1.807) is 0 Å². The fraction of sp³-hybridized carbons (Fsp3) is 0.300. The van der Waals surface area contributed by atoms with Crippen LogP contribution in [0.4, 0.5) is 0 Å². The lowest BCUT2D eigenvalue weighted by Gasteiger charge is -2.29. The number of carbonyl (C=O) groups excluding carboxylic acids is 1. The number of rotatable bonds is 6. The maximum absolute atomic E-state index is 12.1. The minimum Gasteiger partial charge on any atom is -0.390 e. The van der Waals surface area contributed by atoms with Crippen LogP contribution in [0, 0.1) is 0 Å². The maximum Gasteiger partial charge on any atom is 0.270 e. The Labute approximate surface area is 172 Å². The second kappa shape index (κ2) is 8.69. The van der Waals surface area contributed by atoms with Gasteiger partial charge in [0.1, 0.15) is 17.2 Å². The molecule has 3 heterocycles. The first-order chi connectivity index (χ1) is 14.1. The Morgan fingerprint density at radius 3 is 2.93 bits per heavy atom. The van der Waals surface area contributed by atoms with Gasteiger partial charge in [-0.05, 0) is 0 Å². The number of amides is 1. The zero-order valence-corrected chi connectivity index (χ0v) is 16.4. The first-order valence-corrected chi connectivity index (χ1v) is 9.75. The van der Waals surface area contributed by atoms with Crippen LogP contribution in [0.1, 0.15) is 21.7 Å². The average Bonchev–Trinajstić information content (AvgIpc) is 3.16. The van der Waals surface area contributed by atoms with Gasteiger partial charge < -0.3 is 10.4 Å². The molecule has 0 saturated carbocycles. The highest BCUT2D eigenvalue weighted by Gasteiger charge is 2.24. The summed E-state index contributed by atoms with van der Waals surface area (Å²) in [6.07, 6.45) is 1.37. The van der Waals surface area contributed by atoms with Gasteiger partial charge in [-0.2, -0.15) is 5.10 Å². The number of carbonyl (C=O) groups is 1. The molecule has 0 saturated heterocycles. The number of H-pyrrole nitrogens is 1. The summed E-state index contributed by atoms with van der Waals surface area (Å²) >= 11 is 5.77. The second-order valence-electron chi connectivity index (χ2n) is 6.97. The number of benzene rings is 1. The number of nitrogens with zero attached hydrogens (tertiary/aromatic N) is 4. The molecule has 29 heavy (non-hydrogen) atoms. The van der Waals surface area contributed by atoms with Crippen molar-refractivity contribution < 1.29 is 9.90 Å². The van der Waals surface area contributed by atoms with Crippen molar-refractivity contribution >= 4 is 17.5 Å². The molecule has 1 aromatic carbocycles. The molecule has 1 amide bonds. The second-order valence-corrected chi connectivity index (χ2v) is 7.36. The van der Waals surface area contributed by atoms with Crippen molar-refractivity contribution in [3.05, 3.63) is 64.8 Å². The van der Waals surface area contributed by atoms with E-state index in [1.807, 2.05) is 30.3 Å². The number of β-amino-alcohol motifs (C(OH)–C–C–N with tert-alkyl or cyclic N) is 1. The Morgan fingerprint density at radius 2 is 2.14 bits per heavy atom. The van der Waals surface area contributed by atoms with Gasteiger partial charge in [0.05, 0.1) is 11.8 Å². The molecule has 0 unspecified atom stereocenters. The quantitative estimate of drug-likeness (QED) is 0.532. The smallest absolute Gasteiger partial charge is 0.270 e. The van der Waals surface area contributed by atoms with Gasteiger partial charge >= 0.3 is 0 Å². The van der Waals surface area contributed by atoms with Gasteiger partial charge in [-0.1, -0.05) is 41.9 Å². The van der Waals surface area contributed by atoms with Crippen LogP contribution in [-0.2, 0) is 13.0 Å². The van der Waals surface area contributed by atoms with Crippen LogP contribution >= 0.6 is 11.6 Å². The molecule has 150 valence electrons. The zero-order chi connectivity index (χ0) is 20.2. The number of hydrogen-bond donors (Lipinski definition) is 3. The van der Waals surface area contributed by atoms with Crippen LogP contribution in [0.5, 0.6) is 0 Å². The van der Waals surface area contributed by atoms with Gasteiger partial charge in [0.2, 0.25) is 0 Å². The average molecular weight is 413 g/mol. The Morgan fingerprint density at radius 1 is 1.31 bits per heavy atom. The lowest BCUT2D eigenvalue weighted by Crippen LogP contribution is -2.42. The molecule has 0 aliphatic carbocycles. The number of nitrogens with one attached hydrogen (secondary N) is 2. The molecular weight excluding hydrogens is 392 g/mol. The molecule has 1 aliphatic heterocycles. The van der Waals surface area contributed by atoms with E-state index < -0.39 is 12.0 Å². The van der Waals surface area contributed by atoms with E-state index in [0.29, 0.717) is 13.1 Å². The fourth-order valence-electron chi connectivity index (χ4n) is 3.46. The van der Waals surface area contributed by atoms with Crippen molar-refractivity contribution in [2.24, 2.45) is 0 Å². The number of aliphatic hydroxyl groups excluding tert-OH is 1. The summed E-state index contributed by atoms with van der Waals surface area (Å²) in [7, 11) is 0. The highest BCUT2D eigenvalue weighted by atomic mass is 35.5. The third-order valence-corrected chi connectivity index (χ3v) is 5.10. The van der Waals surface area contributed by atoms with Gasteiger partial charge in [0.15, 0.2) is 0 Å². The van der Waals surface area contributed by atoms with Crippen molar-refractivity contribution in [3.8, 4) is 11.3 Å². The summed E-state index contributed by atoms with van der Waals surface area (Å²) in [6, 6.07) is 11.4. The molecule has 0 bridgehead atoms. The highest BCUT2D eigenvalue weighted by Crippen LogP contribution is 2.28. The van der Waals surface area contributed by atoms with Crippen molar-refractivity contribution in [2.75, 3.05) is 19.6 Å². The minimum absolute atomic E-state index is 0.126. The van der Waals surface area contributed by atoms with Crippen LogP contribution in [0.15, 0.2) is 42.7 Å². The molecule has 0 fully saturated rings. The number of fused-ring (bicyclic) bond motifs is 1. The summed E-state index contributed by atoms with van der Waals surface area (Å²) in [5.41, 5.74) is 4.50. The van der Waals surface area contributed by atoms with E-state index in [4.69, 9.17) is 11.6 Å². The van der Waals surface area contributed by atoms with Gasteiger partial charge in [-0.25, -0.2) is 9.97 Å². The monoisotopic (exact) mass is 412 g/mol. The van der Waals surface area contributed by atoms with Crippen LogP contribution in [0.2, 0.25) is 5.15 Å². The van der Waals surface area contributed by atoms with E-state index in [0.717, 1.165) is 35.5 Å². The number of aromatic amines is 1. The molecule has 0 radical (unpaired) electrons. The first kappa shape index (κ1) is 19.5. The third-order valence-electron chi connectivity index (χ3n) is 4.89. The molecule has 9 heteroatoms. The Bertz CT molecular complexity index is 994. The van der Waals surface area contributed by atoms with Gasteiger partial charge in [0, 0.05) is 55.5 Å². The first-order valence-electron chi connectivity index (χ1n) is 9.38. The van der Waals surface area contributed by atoms with Gasteiger partial charge in [0.25, 0.3) is 5.91 Å². The van der Waals surface area contributed by atoms with Crippen LogP contribution < -0.4 is 5.32 Å². The normalized spacial score (nSPS) is 15.0. The van der Waals surface area contributed by atoms with Crippen molar-refractivity contribution in [1.82, 2.24) is 30.4 Å². The van der Waals surface area contributed by atoms with Crippen LogP contribution in [0.25, 0.3) is 11.3 Å². The molecule has 4 rings (SSSR count). The van der Waals surface area contributed by atoms with Crippen molar-refractivity contribution in [2.45, 2.75) is 19.1 Å². The summed E-state index contributed by atoms with van der Waals surface area (Å²) in [5, 5.41) is 20.9. The molecule has 2 aromatic heterocycles. The molecule has 1 atom stereocenters. The Hall–Kier alpha value is -2.81. The van der Waals surface area contributed by atoms with Gasteiger partial charge in [-0.15, -0.1) is 0 Å². The highest BCUT2D eigenvalue weighted by molar-refractivity contribution is 6.29. The largest absolute Gasteiger partial charge is 0.390 e. The molecule has 1 aliphatic rings. The molecule has 8 nitrogen and oxygen atoms in total. The van der Waals surface area contributed by atoms with E-state index in [2.05, 4.69) is 30.4 Å². The predicted octanol–water partition coefficient (Wildman–Crippen LogP) is 1.67. The maximum atomic E-state index is 12.1. The van der Waals surface area contributed by atoms with Crippen molar-refractivity contribution in [1.29, 1.82) is 0 Å². The molecular formula is C20H21ClN6O2. The number of halogens is 1. The van der Waals surface area contributed by atoms with E-state index in [-0.39, 0.29) is 17.4 Å². The predicted molar refractivity (Wildman–Crippen MR) is 108 cm³/mol. The number of hydrogen-bond acceptors (Lipinski definition) is 6. The third kappa shape index (κ3) is 4.61. The summed E-state index contributed by atoms with van der Waals surface area (Å²) < 4.78 is 0. The molecule has 3 N–H and O–H groups in total. The topological polar surface area (TPSA) is 107 Å². The van der Waals surface area contributed by atoms with E-state index >= 15 is 0 Å². The lowest BCUT2D eigenvalue weighted by molar-refractivity contribution is 0.0838. The number of aromatic nitrogens is 4. The van der Waals surface area contributed by atoms with Crippen LogP contribution in [-0.4, -0.2) is 61.8 Å². The number of aliphatic hydroxyl groups is 1. The standard InChI is InChI=1S/C20H21ClN6O2/c21-18-8-17(23-12-24-18)20(29)22-9-14(28)10-27-7-6-16-15(11-27)19(26-25-16)13-4-2-1-3-5-13/h1-5,8,12,14,28H,6-7,9-11H2,(H,22,29)(H,25,26)/t14-/m0/s1. The SMILES string of the molecule is O=C(NC[C@H](O)CN1CCc2[nH]nc(-c3ccccc3)c2C1)c1cc(Cl)ncn1. The van der Waals surface area contributed by atoms with Crippen LogP contribution in [0.3, 0.4) is 0 Å². The zero-order valence-electron chi connectivity index (χ0n) is 15.7. The van der Waals surface area contributed by atoms with E-state index in [9.17, 15) is 9.90 Å². The fourth-order valence-corrected chi connectivity index (χ4v) is 3.61. The summed E-state index contributed by atoms with van der Waals surface area (Å²) in [6.45, 7) is 2.09. The lowest BCUT2D eigenvalue weighted by atomic mass is 10.0. The molecule has 3 aromatic rings. The summed E-state index contributed by atoms with van der Waals surface area (Å²) in [5.74, 6) is -0.393.